The lowest BCUT2D eigenvalue weighted by atomic mass is 10.1. The molecule has 28 heavy (non-hydrogen) atoms. The van der Waals surface area contributed by atoms with Crippen molar-refractivity contribution >= 4 is 39.2 Å². The summed E-state index contributed by atoms with van der Waals surface area (Å²) < 4.78 is 32.6. The Balaban J connectivity index is 1.78. The molecule has 2 aromatic rings. The van der Waals surface area contributed by atoms with Gasteiger partial charge in [0.15, 0.2) is 0 Å². The van der Waals surface area contributed by atoms with Crippen LogP contribution in [0.4, 0.5) is 0 Å². The molecule has 0 spiro atoms. The minimum Gasteiger partial charge on any atom is -0.457 e. The highest BCUT2D eigenvalue weighted by atomic mass is 35.5. The lowest BCUT2D eigenvalue weighted by molar-refractivity contribution is 0.0471. The van der Waals surface area contributed by atoms with Gasteiger partial charge in [0.1, 0.15) is 6.61 Å². The quantitative estimate of drug-likeness (QED) is 0.622. The zero-order valence-corrected chi connectivity index (χ0v) is 17.8. The summed E-state index contributed by atoms with van der Waals surface area (Å²) in [4.78, 5) is 12.7. The molecule has 0 atom stereocenters. The van der Waals surface area contributed by atoms with Gasteiger partial charge in [0.2, 0.25) is 10.0 Å². The Morgan fingerprint density at radius 3 is 2.43 bits per heavy atom. The predicted octanol–water partition coefficient (Wildman–Crippen LogP) is 4.83. The maximum atomic E-state index is 12.9. The molecule has 0 bridgehead atoms. The van der Waals surface area contributed by atoms with Crippen LogP contribution in [-0.2, 0) is 21.4 Å². The van der Waals surface area contributed by atoms with Crippen molar-refractivity contribution in [3.63, 3.8) is 0 Å². The zero-order valence-electron chi connectivity index (χ0n) is 15.5. The SMILES string of the molecule is Cc1ccc(S(=O)(=O)N2CCCCC2)cc1C(=O)OCc1ccc(Cl)c(Cl)c1. The van der Waals surface area contributed by atoms with Crippen molar-refractivity contribution in [1.82, 2.24) is 4.31 Å². The fourth-order valence-corrected chi connectivity index (χ4v) is 4.96. The standard InChI is InChI=1S/C20H21Cl2NO4S/c1-14-5-7-16(28(25,26)23-9-3-2-4-10-23)12-17(14)20(24)27-13-15-6-8-18(21)19(22)11-15/h5-8,11-12H,2-4,9-10,13H2,1H3. The van der Waals surface area contributed by atoms with Crippen molar-refractivity contribution in [3.8, 4) is 0 Å². The van der Waals surface area contributed by atoms with Crippen LogP contribution < -0.4 is 0 Å². The Morgan fingerprint density at radius 1 is 1.04 bits per heavy atom. The molecule has 1 fully saturated rings. The second-order valence-electron chi connectivity index (χ2n) is 6.77. The molecule has 5 nitrogen and oxygen atoms in total. The molecule has 1 saturated heterocycles. The van der Waals surface area contributed by atoms with Crippen molar-refractivity contribution < 1.29 is 17.9 Å². The normalized spacial score (nSPS) is 15.4. The predicted molar refractivity (Wildman–Crippen MR) is 109 cm³/mol. The third-order valence-corrected chi connectivity index (χ3v) is 7.37. The summed E-state index contributed by atoms with van der Waals surface area (Å²) in [5.74, 6) is -0.584. The largest absolute Gasteiger partial charge is 0.457 e. The number of esters is 1. The van der Waals surface area contributed by atoms with Gasteiger partial charge in [0.25, 0.3) is 0 Å². The summed E-state index contributed by atoms with van der Waals surface area (Å²) in [6, 6.07) is 9.54. The fraction of sp³-hybridized carbons (Fsp3) is 0.350. The lowest BCUT2D eigenvalue weighted by Crippen LogP contribution is -2.35. The maximum Gasteiger partial charge on any atom is 0.338 e. The molecular formula is C20H21Cl2NO4S. The number of piperidine rings is 1. The number of halogens is 2. The summed E-state index contributed by atoms with van der Waals surface area (Å²) >= 11 is 11.9. The molecule has 1 aliphatic rings. The van der Waals surface area contributed by atoms with Gasteiger partial charge in [-0.2, -0.15) is 4.31 Å². The molecule has 0 amide bonds. The van der Waals surface area contributed by atoms with E-state index in [0.29, 0.717) is 34.3 Å². The van der Waals surface area contributed by atoms with E-state index in [2.05, 4.69) is 0 Å². The van der Waals surface area contributed by atoms with Crippen LogP contribution in [0.5, 0.6) is 0 Å². The van der Waals surface area contributed by atoms with Crippen molar-refractivity contribution in [2.75, 3.05) is 13.1 Å². The van der Waals surface area contributed by atoms with Crippen molar-refractivity contribution in [1.29, 1.82) is 0 Å². The van der Waals surface area contributed by atoms with Crippen LogP contribution in [0.15, 0.2) is 41.3 Å². The van der Waals surface area contributed by atoms with Crippen LogP contribution in [0.25, 0.3) is 0 Å². The molecule has 1 heterocycles. The highest BCUT2D eigenvalue weighted by molar-refractivity contribution is 7.89. The molecule has 3 rings (SSSR count). The molecule has 0 aromatic heterocycles. The number of carbonyl (C=O) groups is 1. The van der Waals surface area contributed by atoms with Gasteiger partial charge >= 0.3 is 5.97 Å². The third kappa shape index (κ3) is 4.69. The number of hydrogen-bond donors (Lipinski definition) is 0. The Kier molecular flexibility index (Phi) is 6.65. The van der Waals surface area contributed by atoms with E-state index in [9.17, 15) is 13.2 Å². The first-order valence-corrected chi connectivity index (χ1v) is 11.2. The van der Waals surface area contributed by atoms with Gasteiger partial charge in [-0.05, 0) is 55.2 Å². The molecule has 2 aromatic carbocycles. The van der Waals surface area contributed by atoms with E-state index in [1.807, 2.05) is 0 Å². The van der Waals surface area contributed by atoms with E-state index in [0.717, 1.165) is 19.3 Å². The lowest BCUT2D eigenvalue weighted by Gasteiger charge is -2.26. The van der Waals surface area contributed by atoms with Crippen LogP contribution in [0.2, 0.25) is 10.0 Å². The molecular weight excluding hydrogens is 421 g/mol. The van der Waals surface area contributed by atoms with Crippen LogP contribution in [0.3, 0.4) is 0 Å². The van der Waals surface area contributed by atoms with Crippen LogP contribution in [0, 0.1) is 6.92 Å². The second kappa shape index (κ2) is 8.82. The summed E-state index contributed by atoms with van der Waals surface area (Å²) in [7, 11) is -3.62. The topological polar surface area (TPSA) is 63.7 Å². The van der Waals surface area contributed by atoms with Crippen molar-refractivity contribution in [2.24, 2.45) is 0 Å². The second-order valence-corrected chi connectivity index (χ2v) is 9.52. The van der Waals surface area contributed by atoms with E-state index < -0.39 is 16.0 Å². The number of carbonyl (C=O) groups excluding carboxylic acids is 1. The zero-order chi connectivity index (χ0) is 20.3. The van der Waals surface area contributed by atoms with Gasteiger partial charge in [-0.25, -0.2) is 13.2 Å². The summed E-state index contributed by atoms with van der Waals surface area (Å²) in [5, 5.41) is 0.796. The first kappa shape index (κ1) is 21.1. The molecule has 8 heteroatoms. The van der Waals surface area contributed by atoms with E-state index in [4.69, 9.17) is 27.9 Å². The number of hydrogen-bond acceptors (Lipinski definition) is 4. The molecule has 0 N–H and O–H groups in total. The molecule has 0 aliphatic carbocycles. The average molecular weight is 442 g/mol. The number of ether oxygens (including phenoxy) is 1. The number of aryl methyl sites for hydroxylation is 1. The van der Waals surface area contributed by atoms with E-state index in [1.165, 1.54) is 16.4 Å². The Bertz CT molecular complexity index is 986. The highest BCUT2D eigenvalue weighted by Crippen LogP contribution is 2.25. The summed E-state index contributed by atoms with van der Waals surface area (Å²) in [6.45, 7) is 2.77. The van der Waals surface area contributed by atoms with Gasteiger partial charge in [-0.3, -0.25) is 0 Å². The highest BCUT2D eigenvalue weighted by Gasteiger charge is 2.27. The van der Waals surface area contributed by atoms with Gasteiger partial charge < -0.3 is 4.74 Å². The fourth-order valence-electron chi connectivity index (χ4n) is 3.09. The van der Waals surface area contributed by atoms with Crippen LogP contribution in [-0.4, -0.2) is 31.8 Å². The Morgan fingerprint density at radius 2 is 1.75 bits per heavy atom. The van der Waals surface area contributed by atoms with Gasteiger partial charge in [0.05, 0.1) is 20.5 Å². The number of nitrogens with zero attached hydrogens (tertiary/aromatic N) is 1. The van der Waals surface area contributed by atoms with Gasteiger partial charge in [-0.15, -0.1) is 0 Å². The van der Waals surface area contributed by atoms with Crippen molar-refractivity contribution in [2.45, 2.75) is 37.7 Å². The first-order chi connectivity index (χ1) is 13.3. The average Bonchev–Trinajstić information content (AvgIpc) is 2.69. The Labute approximate surface area is 175 Å². The van der Waals surface area contributed by atoms with E-state index in [1.54, 1.807) is 31.2 Å². The smallest absolute Gasteiger partial charge is 0.338 e. The minimum atomic E-state index is -3.62. The minimum absolute atomic E-state index is 0.0122. The molecule has 150 valence electrons. The van der Waals surface area contributed by atoms with Crippen LogP contribution >= 0.6 is 23.2 Å². The Hall–Kier alpha value is -1.60. The molecule has 0 radical (unpaired) electrons. The van der Waals surface area contributed by atoms with Gasteiger partial charge in [-0.1, -0.05) is 41.8 Å². The molecule has 0 saturated carbocycles. The molecule has 0 unspecified atom stereocenters. The summed E-state index contributed by atoms with van der Waals surface area (Å²) in [6.07, 6.45) is 2.74. The number of rotatable bonds is 5. The maximum absolute atomic E-state index is 12.9. The first-order valence-electron chi connectivity index (χ1n) is 9.01. The van der Waals surface area contributed by atoms with E-state index in [-0.39, 0.29) is 17.1 Å². The number of sulfonamides is 1. The number of benzene rings is 2. The van der Waals surface area contributed by atoms with E-state index >= 15 is 0 Å². The van der Waals surface area contributed by atoms with Crippen LogP contribution in [0.1, 0.15) is 40.7 Å². The third-order valence-electron chi connectivity index (χ3n) is 4.74. The van der Waals surface area contributed by atoms with Gasteiger partial charge in [0, 0.05) is 13.1 Å². The van der Waals surface area contributed by atoms with Crippen molar-refractivity contribution in [3.05, 3.63) is 63.1 Å². The molecule has 1 aliphatic heterocycles. The summed E-state index contributed by atoms with van der Waals surface area (Å²) in [5.41, 5.74) is 1.58. The monoisotopic (exact) mass is 441 g/mol.